The van der Waals surface area contributed by atoms with Crippen molar-refractivity contribution in [2.45, 2.75) is 25.6 Å². The van der Waals surface area contributed by atoms with Crippen LogP contribution in [0.3, 0.4) is 0 Å². The Morgan fingerprint density at radius 3 is 2.57 bits per heavy atom. The number of aromatic nitrogens is 5. The first kappa shape index (κ1) is 31.0. The zero-order valence-corrected chi connectivity index (χ0v) is 24.9. The van der Waals surface area contributed by atoms with Crippen LogP contribution in [0.4, 0.5) is 8.78 Å². The van der Waals surface area contributed by atoms with Gasteiger partial charge in [-0.3, -0.25) is 9.88 Å². The van der Waals surface area contributed by atoms with Crippen LogP contribution >= 0.6 is 27.0 Å². The lowest BCUT2D eigenvalue weighted by Gasteiger charge is -2.35. The quantitative estimate of drug-likeness (QED) is 0.229. The molecule has 2 atom stereocenters. The summed E-state index contributed by atoms with van der Waals surface area (Å²) in [6.45, 7) is 2.79. The van der Waals surface area contributed by atoms with Crippen molar-refractivity contribution in [3.63, 3.8) is 0 Å². The second kappa shape index (κ2) is 12.9. The summed E-state index contributed by atoms with van der Waals surface area (Å²) < 4.78 is 44.2. The van der Waals surface area contributed by atoms with E-state index in [9.17, 15) is 0 Å². The second-order valence-electron chi connectivity index (χ2n) is 9.63. The van der Waals surface area contributed by atoms with Gasteiger partial charge >= 0.3 is 6.01 Å². The molecule has 1 aliphatic rings. The first-order valence-electron chi connectivity index (χ1n) is 12.8. The number of likely N-dealkylation sites (tertiary alicyclic amines) is 1. The first-order valence-corrected chi connectivity index (χ1v) is 12.8. The third kappa shape index (κ3) is 5.70. The maximum Gasteiger partial charge on any atom is 0.321 e. The molecule has 6 rings (SSSR count). The summed E-state index contributed by atoms with van der Waals surface area (Å²) in [5.74, 6) is 1.00. The molecular formula is C29H29F2N7O2S2. The van der Waals surface area contributed by atoms with Gasteiger partial charge in [0.25, 0.3) is 0 Å². The van der Waals surface area contributed by atoms with Gasteiger partial charge in [-0.05, 0) is 37.6 Å². The first-order chi connectivity index (χ1) is 19.5. The van der Waals surface area contributed by atoms with E-state index in [-0.39, 0.29) is 46.1 Å². The number of pyridine rings is 1. The van der Waals surface area contributed by atoms with Crippen LogP contribution in [0.25, 0.3) is 33.1 Å². The summed E-state index contributed by atoms with van der Waals surface area (Å²) in [5.41, 5.74) is 2.55. The Bertz CT molecular complexity index is 1760. The zero-order valence-electron chi connectivity index (χ0n) is 22.9. The molecular weight excluding hydrogens is 580 g/mol. The third-order valence-corrected chi connectivity index (χ3v) is 7.21. The van der Waals surface area contributed by atoms with Gasteiger partial charge in [-0.2, -0.15) is 32.3 Å². The van der Waals surface area contributed by atoms with E-state index in [0.717, 1.165) is 0 Å². The number of fused-ring (bicyclic) bond motifs is 3. The molecule has 1 saturated heterocycles. The summed E-state index contributed by atoms with van der Waals surface area (Å²) in [6.07, 6.45) is 4.06. The number of nitrogens with zero attached hydrogens (tertiary/aromatic N) is 7. The number of aryl methyl sites for hydroxylation is 1. The van der Waals surface area contributed by atoms with Gasteiger partial charge in [0, 0.05) is 54.1 Å². The maximum absolute atomic E-state index is 15.5. The van der Waals surface area contributed by atoms with Crippen molar-refractivity contribution in [2.24, 2.45) is 0 Å². The van der Waals surface area contributed by atoms with Crippen LogP contribution in [0.5, 0.6) is 17.5 Å². The monoisotopic (exact) mass is 609 g/mol. The number of hydrogen-bond acceptors (Lipinski definition) is 8. The fraction of sp³-hybridized carbons (Fsp3) is 0.276. The molecule has 0 saturated carbocycles. The van der Waals surface area contributed by atoms with Crippen LogP contribution in [0.1, 0.15) is 18.3 Å². The van der Waals surface area contributed by atoms with Crippen molar-refractivity contribution in [3.8, 4) is 34.7 Å². The Balaban J connectivity index is 0.00000202. The van der Waals surface area contributed by atoms with Gasteiger partial charge in [0.1, 0.15) is 34.8 Å². The van der Waals surface area contributed by atoms with Crippen LogP contribution in [-0.2, 0) is 0 Å². The number of alkyl halides is 1. The average Bonchev–Trinajstić information content (AvgIpc) is 3.29. The van der Waals surface area contributed by atoms with Crippen molar-refractivity contribution in [3.05, 3.63) is 66.6 Å². The molecule has 4 heterocycles. The summed E-state index contributed by atoms with van der Waals surface area (Å²) in [5, 5.41) is 9.69. The number of methoxy groups -OCH3 is 1. The zero-order chi connectivity index (χ0) is 27.8. The molecule has 1 fully saturated rings. The summed E-state index contributed by atoms with van der Waals surface area (Å²) in [4.78, 5) is 19.0. The molecule has 218 valence electrons. The van der Waals surface area contributed by atoms with Gasteiger partial charge in [0.05, 0.1) is 43.0 Å². The average molecular weight is 610 g/mol. The fourth-order valence-corrected chi connectivity index (χ4v) is 5.42. The molecule has 1 unspecified atom stereocenters. The highest BCUT2D eigenvalue weighted by atomic mass is 32.1. The van der Waals surface area contributed by atoms with E-state index in [4.69, 9.17) is 14.7 Å². The van der Waals surface area contributed by atoms with Crippen molar-refractivity contribution < 1.29 is 18.3 Å². The number of piperidine rings is 1. The highest BCUT2D eigenvalue weighted by Crippen LogP contribution is 2.39. The molecule has 0 radical (unpaired) electrons. The number of halogens is 2. The van der Waals surface area contributed by atoms with Gasteiger partial charge in [0.2, 0.25) is 0 Å². The normalized spacial score (nSPS) is 16.8. The van der Waals surface area contributed by atoms with Gasteiger partial charge < -0.3 is 14.0 Å². The highest BCUT2D eigenvalue weighted by molar-refractivity contribution is 7.59. The molecule has 13 heteroatoms. The van der Waals surface area contributed by atoms with Crippen molar-refractivity contribution in [1.29, 1.82) is 5.26 Å². The van der Waals surface area contributed by atoms with Crippen molar-refractivity contribution >= 4 is 48.9 Å². The summed E-state index contributed by atoms with van der Waals surface area (Å²) in [6, 6.07) is 11.6. The van der Waals surface area contributed by atoms with Crippen LogP contribution < -0.4 is 9.47 Å². The molecule has 5 aromatic rings. The fourth-order valence-electron chi connectivity index (χ4n) is 5.42. The predicted molar refractivity (Wildman–Crippen MR) is 165 cm³/mol. The lowest BCUT2D eigenvalue weighted by molar-refractivity contribution is 0.0996. The number of hydrogen-bond donors (Lipinski definition) is 0. The Morgan fingerprint density at radius 1 is 1.07 bits per heavy atom. The van der Waals surface area contributed by atoms with Gasteiger partial charge in [-0.1, -0.05) is 0 Å². The molecule has 3 aromatic heterocycles. The van der Waals surface area contributed by atoms with Crippen LogP contribution in [0, 0.1) is 24.1 Å². The van der Waals surface area contributed by atoms with Gasteiger partial charge in [-0.25, -0.2) is 23.7 Å². The van der Waals surface area contributed by atoms with E-state index in [1.54, 1.807) is 48.9 Å². The lowest BCUT2D eigenvalue weighted by Crippen LogP contribution is -2.43. The van der Waals surface area contributed by atoms with Crippen LogP contribution in [-0.4, -0.2) is 62.3 Å². The SMILES string of the molecule is COc1cc(Oc2ncccn2)ccc1-c1cc2c(cc1F)ncc1nc(C)n([C@H]3CCN(CC#N)CC3F)c12.S.S. The summed E-state index contributed by atoms with van der Waals surface area (Å²) >= 11 is 0. The van der Waals surface area contributed by atoms with Crippen molar-refractivity contribution in [1.82, 2.24) is 29.4 Å². The number of rotatable bonds is 6. The van der Waals surface area contributed by atoms with Crippen LogP contribution in [0.2, 0.25) is 0 Å². The van der Waals surface area contributed by atoms with Gasteiger partial charge in [0.15, 0.2) is 0 Å². The largest absolute Gasteiger partial charge is 0.496 e. The number of ether oxygens (including phenoxy) is 2. The Kier molecular flexibility index (Phi) is 9.50. The smallest absolute Gasteiger partial charge is 0.321 e. The molecule has 0 spiro atoms. The Labute approximate surface area is 255 Å². The minimum atomic E-state index is -1.19. The Morgan fingerprint density at radius 2 is 1.86 bits per heavy atom. The van der Waals surface area contributed by atoms with E-state index in [1.807, 2.05) is 16.4 Å². The van der Waals surface area contributed by atoms with Crippen LogP contribution in [0.15, 0.2) is 55.0 Å². The number of imidazole rings is 1. The standard InChI is InChI=1S/C29H25F2N7O2.2H2S/c1-17-36-25-15-35-24-14-22(30)20(19-5-4-18(12-27(19)39-2)40-29-33-8-3-9-34-29)13-21(24)28(25)38(17)26-6-10-37(11-7-32)16-23(26)31;;/h3-5,8-9,12-15,23,26H,6,10-11,16H2,1-2H3;2*1H2/t23?,26-;;/m0../s1. The maximum atomic E-state index is 15.5. The third-order valence-electron chi connectivity index (χ3n) is 7.21. The van der Waals surface area contributed by atoms with E-state index in [0.29, 0.717) is 63.4 Å². The molecule has 0 bridgehead atoms. The molecule has 0 N–H and O–H groups in total. The molecule has 2 aromatic carbocycles. The molecule has 0 aliphatic carbocycles. The topological polar surface area (TPSA) is 102 Å². The lowest BCUT2D eigenvalue weighted by atomic mass is 9.99. The van der Waals surface area contributed by atoms with E-state index in [2.05, 4.69) is 26.0 Å². The predicted octanol–water partition coefficient (Wildman–Crippen LogP) is 5.62. The van der Waals surface area contributed by atoms with Gasteiger partial charge in [-0.15, -0.1) is 0 Å². The molecule has 42 heavy (non-hydrogen) atoms. The van der Waals surface area contributed by atoms with E-state index < -0.39 is 18.0 Å². The summed E-state index contributed by atoms with van der Waals surface area (Å²) in [7, 11) is 1.50. The molecule has 0 amide bonds. The molecule has 1 aliphatic heterocycles. The van der Waals surface area contributed by atoms with E-state index in [1.165, 1.54) is 13.2 Å². The number of nitriles is 1. The number of benzene rings is 2. The Hall–Kier alpha value is -3.99. The van der Waals surface area contributed by atoms with E-state index >= 15 is 8.78 Å². The molecule has 9 nitrogen and oxygen atoms in total. The minimum Gasteiger partial charge on any atom is -0.496 e. The van der Waals surface area contributed by atoms with Crippen molar-refractivity contribution in [2.75, 3.05) is 26.7 Å². The second-order valence-corrected chi connectivity index (χ2v) is 9.63. The minimum absolute atomic E-state index is 0. The highest BCUT2D eigenvalue weighted by Gasteiger charge is 2.33.